The van der Waals surface area contributed by atoms with Gasteiger partial charge in [0.25, 0.3) is 0 Å². The SMILES string of the molecule is O=C(S)c1ccc2oc(-c3ccccn3)cc2c1. The Hall–Kier alpha value is -2.07. The molecule has 0 N–H and O–H groups in total. The van der Waals surface area contributed by atoms with Crippen molar-refractivity contribution in [2.45, 2.75) is 0 Å². The summed E-state index contributed by atoms with van der Waals surface area (Å²) in [4.78, 5) is 15.4. The van der Waals surface area contributed by atoms with Gasteiger partial charge in [-0.1, -0.05) is 6.07 Å². The van der Waals surface area contributed by atoms with Crippen LogP contribution in [-0.4, -0.2) is 10.1 Å². The van der Waals surface area contributed by atoms with E-state index >= 15 is 0 Å². The molecule has 0 aliphatic heterocycles. The van der Waals surface area contributed by atoms with Gasteiger partial charge in [-0.15, -0.1) is 12.6 Å². The first kappa shape index (κ1) is 11.0. The summed E-state index contributed by atoms with van der Waals surface area (Å²) < 4.78 is 5.69. The van der Waals surface area contributed by atoms with Gasteiger partial charge in [-0.25, -0.2) is 0 Å². The van der Waals surface area contributed by atoms with E-state index in [1.165, 1.54) is 0 Å². The second-order valence-electron chi connectivity index (χ2n) is 3.88. The Morgan fingerprint density at radius 2 is 2.06 bits per heavy atom. The largest absolute Gasteiger partial charge is 0.454 e. The minimum atomic E-state index is -0.252. The first-order valence-electron chi connectivity index (χ1n) is 5.42. The summed E-state index contributed by atoms with van der Waals surface area (Å²) in [6.45, 7) is 0. The Labute approximate surface area is 109 Å². The average Bonchev–Trinajstić information content (AvgIpc) is 2.82. The third kappa shape index (κ3) is 1.91. The van der Waals surface area contributed by atoms with Crippen molar-refractivity contribution in [1.82, 2.24) is 4.98 Å². The van der Waals surface area contributed by atoms with E-state index in [4.69, 9.17) is 4.42 Å². The zero-order valence-electron chi connectivity index (χ0n) is 9.33. The van der Waals surface area contributed by atoms with Gasteiger partial charge in [0, 0.05) is 17.1 Å². The minimum Gasteiger partial charge on any atom is -0.454 e. The molecule has 0 spiro atoms. The van der Waals surface area contributed by atoms with Crippen molar-refractivity contribution in [2.24, 2.45) is 0 Å². The Morgan fingerprint density at radius 1 is 1.17 bits per heavy atom. The van der Waals surface area contributed by atoms with Crippen LogP contribution in [0.15, 0.2) is 53.1 Å². The molecule has 18 heavy (non-hydrogen) atoms. The molecule has 3 rings (SSSR count). The molecule has 1 aromatic carbocycles. The van der Waals surface area contributed by atoms with Gasteiger partial charge < -0.3 is 4.42 Å². The van der Waals surface area contributed by atoms with Crippen molar-refractivity contribution >= 4 is 28.7 Å². The van der Waals surface area contributed by atoms with E-state index < -0.39 is 0 Å². The summed E-state index contributed by atoms with van der Waals surface area (Å²) in [6, 6.07) is 12.7. The molecule has 0 saturated carbocycles. The van der Waals surface area contributed by atoms with Crippen molar-refractivity contribution in [1.29, 1.82) is 0 Å². The van der Waals surface area contributed by atoms with Crippen molar-refractivity contribution in [2.75, 3.05) is 0 Å². The summed E-state index contributed by atoms with van der Waals surface area (Å²) in [7, 11) is 0. The third-order valence-corrected chi connectivity index (χ3v) is 2.94. The molecule has 3 nitrogen and oxygen atoms in total. The molecule has 0 amide bonds. The average molecular weight is 255 g/mol. The van der Waals surface area contributed by atoms with Crippen LogP contribution < -0.4 is 0 Å². The van der Waals surface area contributed by atoms with Gasteiger partial charge in [0.2, 0.25) is 5.12 Å². The molecule has 3 aromatic rings. The standard InChI is InChI=1S/C14H9NO2S/c16-14(18)9-4-5-12-10(7-9)8-13(17-12)11-3-1-2-6-15-11/h1-8H,(H,16,18). The Balaban J connectivity index is 2.14. The first-order chi connectivity index (χ1) is 8.74. The molecule has 88 valence electrons. The van der Waals surface area contributed by atoms with Gasteiger partial charge in [-0.05, 0) is 36.4 Å². The molecular weight excluding hydrogens is 246 g/mol. The molecule has 2 aromatic heterocycles. The fourth-order valence-corrected chi connectivity index (χ4v) is 1.95. The number of thiol groups is 1. The zero-order chi connectivity index (χ0) is 12.5. The van der Waals surface area contributed by atoms with E-state index in [1.807, 2.05) is 24.3 Å². The predicted molar refractivity (Wildman–Crippen MR) is 72.8 cm³/mol. The highest BCUT2D eigenvalue weighted by atomic mass is 32.1. The third-order valence-electron chi connectivity index (χ3n) is 2.68. The van der Waals surface area contributed by atoms with Gasteiger partial charge in [-0.3, -0.25) is 9.78 Å². The second-order valence-corrected chi connectivity index (χ2v) is 4.29. The van der Waals surface area contributed by atoms with E-state index in [9.17, 15) is 4.79 Å². The summed E-state index contributed by atoms with van der Waals surface area (Å²) >= 11 is 3.81. The Bertz CT molecular complexity index is 719. The number of carbonyl (C=O) groups is 1. The number of benzene rings is 1. The van der Waals surface area contributed by atoms with Crippen LogP contribution in [0.25, 0.3) is 22.4 Å². The Morgan fingerprint density at radius 3 is 2.78 bits per heavy atom. The smallest absolute Gasteiger partial charge is 0.216 e. The number of hydrogen-bond donors (Lipinski definition) is 1. The number of nitrogens with zero attached hydrogens (tertiary/aromatic N) is 1. The van der Waals surface area contributed by atoms with Gasteiger partial charge in [0.1, 0.15) is 11.3 Å². The highest BCUT2D eigenvalue weighted by Crippen LogP contribution is 2.27. The normalized spacial score (nSPS) is 10.7. The maximum atomic E-state index is 11.2. The fourth-order valence-electron chi connectivity index (χ4n) is 1.81. The van der Waals surface area contributed by atoms with E-state index in [0.717, 1.165) is 16.7 Å². The van der Waals surface area contributed by atoms with E-state index in [1.54, 1.807) is 24.4 Å². The van der Waals surface area contributed by atoms with Crippen molar-refractivity contribution < 1.29 is 9.21 Å². The summed E-state index contributed by atoms with van der Waals surface area (Å²) in [5.41, 5.74) is 2.06. The molecule has 0 unspecified atom stereocenters. The maximum Gasteiger partial charge on any atom is 0.216 e. The monoisotopic (exact) mass is 255 g/mol. The number of furan rings is 1. The van der Waals surface area contributed by atoms with E-state index in [-0.39, 0.29) is 5.12 Å². The summed E-state index contributed by atoms with van der Waals surface area (Å²) in [5.74, 6) is 0.689. The Kier molecular flexibility index (Phi) is 2.64. The molecule has 0 aliphatic rings. The number of fused-ring (bicyclic) bond motifs is 1. The van der Waals surface area contributed by atoms with Gasteiger partial charge in [0.05, 0.1) is 0 Å². The molecule has 0 aliphatic carbocycles. The number of aromatic nitrogens is 1. The number of hydrogen-bond acceptors (Lipinski definition) is 3. The highest BCUT2D eigenvalue weighted by molar-refractivity contribution is 7.97. The van der Waals surface area contributed by atoms with Crippen LogP contribution >= 0.6 is 12.6 Å². The molecule has 0 saturated heterocycles. The lowest BCUT2D eigenvalue weighted by molar-refractivity contribution is 0.109. The van der Waals surface area contributed by atoms with Gasteiger partial charge >= 0.3 is 0 Å². The number of rotatable bonds is 2. The molecular formula is C14H9NO2S. The molecule has 0 bridgehead atoms. The topological polar surface area (TPSA) is 43.1 Å². The van der Waals surface area contributed by atoms with Gasteiger partial charge in [-0.2, -0.15) is 0 Å². The lowest BCUT2D eigenvalue weighted by Gasteiger charge is -1.93. The molecule has 0 radical (unpaired) electrons. The van der Waals surface area contributed by atoms with Gasteiger partial charge in [0.15, 0.2) is 5.76 Å². The lowest BCUT2D eigenvalue weighted by Crippen LogP contribution is -1.86. The van der Waals surface area contributed by atoms with Crippen LogP contribution in [0.1, 0.15) is 10.4 Å². The molecule has 4 heteroatoms. The first-order valence-corrected chi connectivity index (χ1v) is 5.87. The predicted octanol–water partition coefficient (Wildman–Crippen LogP) is 3.56. The maximum absolute atomic E-state index is 11.2. The number of carbonyl (C=O) groups excluding carboxylic acids is 1. The quantitative estimate of drug-likeness (QED) is 0.712. The van der Waals surface area contributed by atoms with Crippen molar-refractivity contribution in [3.8, 4) is 11.5 Å². The van der Waals surface area contributed by atoms with Crippen molar-refractivity contribution in [3.05, 3.63) is 54.2 Å². The van der Waals surface area contributed by atoms with Crippen LogP contribution in [-0.2, 0) is 0 Å². The minimum absolute atomic E-state index is 0.252. The highest BCUT2D eigenvalue weighted by Gasteiger charge is 2.09. The second kappa shape index (κ2) is 4.31. The van der Waals surface area contributed by atoms with Crippen LogP contribution in [0.5, 0.6) is 0 Å². The molecule has 0 fully saturated rings. The fraction of sp³-hybridized carbons (Fsp3) is 0. The molecule has 0 atom stereocenters. The van der Waals surface area contributed by atoms with E-state index in [2.05, 4.69) is 17.6 Å². The van der Waals surface area contributed by atoms with Crippen molar-refractivity contribution in [3.63, 3.8) is 0 Å². The van der Waals surface area contributed by atoms with Crippen LogP contribution in [0.4, 0.5) is 0 Å². The zero-order valence-corrected chi connectivity index (χ0v) is 10.2. The summed E-state index contributed by atoms with van der Waals surface area (Å²) in [5, 5.41) is 0.619. The number of pyridine rings is 1. The lowest BCUT2D eigenvalue weighted by atomic mass is 10.1. The van der Waals surface area contributed by atoms with Crippen LogP contribution in [0.2, 0.25) is 0 Å². The summed E-state index contributed by atoms with van der Waals surface area (Å²) in [6.07, 6.45) is 1.71. The van der Waals surface area contributed by atoms with Crippen LogP contribution in [0.3, 0.4) is 0 Å². The molecule has 2 heterocycles. The van der Waals surface area contributed by atoms with Crippen LogP contribution in [0, 0.1) is 0 Å². The van der Waals surface area contributed by atoms with E-state index in [0.29, 0.717) is 11.3 Å².